The lowest BCUT2D eigenvalue weighted by atomic mass is 9.33. The van der Waals surface area contributed by atoms with Gasteiger partial charge in [-0.25, -0.2) is 0 Å². The molecule has 0 aromatic heterocycles. The summed E-state index contributed by atoms with van der Waals surface area (Å²) in [6, 6.07) is 7.81. The number of rotatable bonds is 8. The molecule has 5 aliphatic carbocycles. The molecule has 9 heteroatoms. The summed E-state index contributed by atoms with van der Waals surface area (Å²) in [6.07, 6.45) is 7.40. The SMILES string of the molecule is CC(C)C1=C2[C@H]3CC[C@@H]4[C@@]5(C)CC[C@H](OC(=O)CC(C)(C)C(=O)O)C(C)(C)[C@@H]5CC[C@@]4(C)[C@]3(C)CC[C@@]2([C@H]2CN(Cc3ccc(Cl)cc3)CC(=O)O2)CC1=O. The monoisotopic (exact) mass is 777 g/mol. The summed E-state index contributed by atoms with van der Waals surface area (Å²) in [6.45, 7) is 21.1. The lowest BCUT2D eigenvalue weighted by Gasteiger charge is -2.72. The molecule has 5 fully saturated rings. The molecule has 1 aromatic rings. The highest BCUT2D eigenvalue weighted by molar-refractivity contribution is 6.30. The summed E-state index contributed by atoms with van der Waals surface area (Å²) in [5, 5.41) is 10.3. The molecule has 1 aliphatic heterocycles. The number of aliphatic carboxylic acids is 1. The van der Waals surface area contributed by atoms with Gasteiger partial charge in [-0.2, -0.15) is 0 Å². The normalized spacial score (nSPS) is 38.8. The zero-order valence-corrected chi connectivity index (χ0v) is 35.4. The number of nitrogens with zero attached hydrogens (tertiary/aromatic N) is 1. The van der Waals surface area contributed by atoms with Gasteiger partial charge in [-0.05, 0) is 134 Å². The van der Waals surface area contributed by atoms with Crippen molar-refractivity contribution in [3.63, 3.8) is 0 Å². The van der Waals surface area contributed by atoms with E-state index in [2.05, 4.69) is 53.4 Å². The molecule has 302 valence electrons. The zero-order chi connectivity index (χ0) is 40.1. The smallest absolute Gasteiger partial charge is 0.320 e. The summed E-state index contributed by atoms with van der Waals surface area (Å²) < 4.78 is 12.6. The van der Waals surface area contributed by atoms with Crippen LogP contribution in [0.1, 0.15) is 132 Å². The van der Waals surface area contributed by atoms with Gasteiger partial charge in [0.25, 0.3) is 0 Å². The predicted octanol–water partition coefficient (Wildman–Crippen LogP) is 9.46. The molecular formula is C46H64ClNO7. The van der Waals surface area contributed by atoms with Crippen LogP contribution in [0.3, 0.4) is 0 Å². The summed E-state index contributed by atoms with van der Waals surface area (Å²) >= 11 is 6.18. The molecule has 8 nitrogen and oxygen atoms in total. The number of morpholine rings is 1. The van der Waals surface area contributed by atoms with E-state index >= 15 is 0 Å². The molecule has 6 aliphatic rings. The van der Waals surface area contributed by atoms with Crippen LogP contribution in [0.15, 0.2) is 35.4 Å². The van der Waals surface area contributed by atoms with E-state index in [0.717, 1.165) is 62.5 Å². The number of esters is 2. The van der Waals surface area contributed by atoms with Gasteiger partial charge in [-0.3, -0.25) is 24.1 Å². The molecule has 0 radical (unpaired) electrons. The predicted molar refractivity (Wildman–Crippen MR) is 212 cm³/mol. The average Bonchev–Trinajstić information content (AvgIpc) is 3.40. The Morgan fingerprint density at radius 3 is 2.29 bits per heavy atom. The van der Waals surface area contributed by atoms with Crippen molar-refractivity contribution in [2.45, 2.75) is 145 Å². The van der Waals surface area contributed by atoms with Crippen molar-refractivity contribution < 1.29 is 33.8 Å². The number of carboxylic acids is 1. The van der Waals surface area contributed by atoms with Crippen LogP contribution in [0.25, 0.3) is 0 Å². The van der Waals surface area contributed by atoms with Gasteiger partial charge < -0.3 is 14.6 Å². The molecular weight excluding hydrogens is 714 g/mol. The fraction of sp³-hybridized carbons (Fsp3) is 0.739. The lowest BCUT2D eigenvalue weighted by molar-refractivity contribution is -0.236. The first-order chi connectivity index (χ1) is 25.6. The van der Waals surface area contributed by atoms with Crippen LogP contribution in [0, 0.1) is 56.2 Å². The Balaban J connectivity index is 1.18. The van der Waals surface area contributed by atoms with E-state index in [0.29, 0.717) is 36.4 Å². The highest BCUT2D eigenvalue weighted by atomic mass is 35.5. The first-order valence-corrected chi connectivity index (χ1v) is 21.3. The number of carbonyl (C=O) groups is 4. The number of carbonyl (C=O) groups excluding carboxylic acids is 3. The minimum absolute atomic E-state index is 0.0308. The van der Waals surface area contributed by atoms with E-state index in [1.807, 2.05) is 24.3 Å². The maximum absolute atomic E-state index is 14.3. The van der Waals surface area contributed by atoms with Crippen molar-refractivity contribution in [2.75, 3.05) is 13.1 Å². The number of ether oxygens (including phenoxy) is 2. The van der Waals surface area contributed by atoms with Gasteiger partial charge in [-0.1, -0.05) is 72.2 Å². The second-order valence-electron chi connectivity index (χ2n) is 20.8. The quantitative estimate of drug-likeness (QED) is 0.260. The Kier molecular flexibility index (Phi) is 10.1. The van der Waals surface area contributed by atoms with Crippen LogP contribution in [0.4, 0.5) is 0 Å². The first-order valence-electron chi connectivity index (χ1n) is 21.0. The van der Waals surface area contributed by atoms with E-state index < -0.39 is 22.8 Å². The molecule has 0 unspecified atom stereocenters. The third-order valence-corrected chi connectivity index (χ3v) is 17.1. The molecule has 0 amide bonds. The first kappa shape index (κ1) is 40.5. The maximum Gasteiger partial charge on any atom is 0.320 e. The molecule has 7 rings (SSSR count). The number of Topliss-reactive ketones (excluding diaryl/α,β-unsaturated/α-hetero) is 1. The number of hydrogen-bond donors (Lipinski definition) is 1. The van der Waals surface area contributed by atoms with Crippen molar-refractivity contribution in [1.29, 1.82) is 0 Å². The Morgan fingerprint density at radius 1 is 0.945 bits per heavy atom. The highest BCUT2D eigenvalue weighted by Crippen LogP contribution is 2.77. The van der Waals surface area contributed by atoms with Crippen LogP contribution >= 0.6 is 11.6 Å². The molecule has 4 saturated carbocycles. The van der Waals surface area contributed by atoms with Crippen LogP contribution < -0.4 is 0 Å². The van der Waals surface area contributed by atoms with E-state index in [1.54, 1.807) is 13.8 Å². The van der Waals surface area contributed by atoms with Crippen LogP contribution in [-0.4, -0.2) is 59.0 Å². The van der Waals surface area contributed by atoms with E-state index in [4.69, 9.17) is 21.1 Å². The fourth-order valence-electron chi connectivity index (χ4n) is 13.9. The topological polar surface area (TPSA) is 110 Å². The van der Waals surface area contributed by atoms with E-state index in [1.165, 1.54) is 5.57 Å². The maximum atomic E-state index is 14.3. The second kappa shape index (κ2) is 13.7. The fourth-order valence-corrected chi connectivity index (χ4v) is 14.0. The van der Waals surface area contributed by atoms with Gasteiger partial charge in [0.05, 0.1) is 18.4 Å². The molecule has 1 N–H and O–H groups in total. The van der Waals surface area contributed by atoms with Crippen molar-refractivity contribution in [1.82, 2.24) is 4.90 Å². The molecule has 0 spiro atoms. The third kappa shape index (κ3) is 6.33. The number of benzene rings is 1. The third-order valence-electron chi connectivity index (χ3n) is 16.8. The highest BCUT2D eigenvalue weighted by Gasteiger charge is 2.71. The van der Waals surface area contributed by atoms with Crippen molar-refractivity contribution in [3.8, 4) is 0 Å². The standard InChI is InChI=1S/C46H64ClNO7/c1-27(2)38-31(49)22-46(35-25-48(26-37(51)55-35)24-28-10-12-29(47)13-11-28)21-20-44(8)30(39(38)46)14-15-33-43(7)18-17-34(54-36(50)23-41(3,4)40(52)53)42(5,6)32(43)16-19-45(33,44)9/h10-13,27,30,32-35H,14-26H2,1-9H3,(H,52,53)/t30-,32+,33-,34+,35-,43+,44-,45-,46+/m1/s1. The Morgan fingerprint density at radius 2 is 1.64 bits per heavy atom. The molecule has 1 saturated heterocycles. The summed E-state index contributed by atoms with van der Waals surface area (Å²) in [4.78, 5) is 54.8. The van der Waals surface area contributed by atoms with E-state index in [-0.39, 0.29) is 70.4 Å². The van der Waals surface area contributed by atoms with Crippen LogP contribution in [0.2, 0.25) is 5.02 Å². The van der Waals surface area contributed by atoms with E-state index in [9.17, 15) is 24.3 Å². The Hall–Kier alpha value is -2.71. The van der Waals surface area contributed by atoms with Crippen molar-refractivity contribution >= 4 is 35.3 Å². The van der Waals surface area contributed by atoms with Crippen molar-refractivity contribution in [3.05, 3.63) is 46.0 Å². The van der Waals surface area contributed by atoms with Gasteiger partial charge in [0.1, 0.15) is 12.2 Å². The molecule has 1 aromatic carbocycles. The molecule has 9 atom stereocenters. The average molecular weight is 778 g/mol. The Bertz CT molecular complexity index is 1780. The lowest BCUT2D eigenvalue weighted by Crippen LogP contribution is -2.66. The van der Waals surface area contributed by atoms with Crippen molar-refractivity contribution in [2.24, 2.45) is 56.2 Å². The van der Waals surface area contributed by atoms with Gasteiger partial charge in [0, 0.05) is 35.4 Å². The molecule has 55 heavy (non-hydrogen) atoms. The van der Waals surface area contributed by atoms with Crippen LogP contribution in [-0.2, 0) is 35.2 Å². The largest absolute Gasteiger partial charge is 0.481 e. The minimum atomic E-state index is -1.17. The summed E-state index contributed by atoms with van der Waals surface area (Å²) in [5.74, 6) is -0.244. The number of hydrogen-bond acceptors (Lipinski definition) is 7. The van der Waals surface area contributed by atoms with Gasteiger partial charge in [-0.15, -0.1) is 0 Å². The number of fused-ring (bicyclic) bond motifs is 7. The minimum Gasteiger partial charge on any atom is -0.481 e. The number of allylic oxidation sites excluding steroid dienone is 1. The van der Waals surface area contributed by atoms with Gasteiger partial charge >= 0.3 is 17.9 Å². The number of halogens is 1. The Labute approximate surface area is 333 Å². The van der Waals surface area contributed by atoms with Gasteiger partial charge in [0.15, 0.2) is 5.78 Å². The second-order valence-corrected chi connectivity index (χ2v) is 21.3. The summed E-state index contributed by atoms with van der Waals surface area (Å²) in [5.41, 5.74) is 1.53. The van der Waals surface area contributed by atoms with Gasteiger partial charge in [0.2, 0.25) is 0 Å². The number of carboxylic acid groups (broad SMARTS) is 1. The molecule has 1 heterocycles. The number of cyclic esters (lactones) is 1. The van der Waals surface area contributed by atoms with Crippen LogP contribution in [0.5, 0.6) is 0 Å². The number of ketones is 1. The molecule has 0 bridgehead atoms. The summed E-state index contributed by atoms with van der Waals surface area (Å²) in [7, 11) is 0. The zero-order valence-electron chi connectivity index (χ0n) is 34.7.